The Morgan fingerprint density at radius 1 is 1.12 bits per heavy atom. The molecule has 1 aliphatic rings. The Morgan fingerprint density at radius 3 is 2.68 bits per heavy atom. The third kappa shape index (κ3) is 6.26. The van der Waals surface area contributed by atoms with Gasteiger partial charge >= 0.3 is 0 Å². The molecule has 0 radical (unpaired) electrons. The van der Waals surface area contributed by atoms with Gasteiger partial charge in [-0.2, -0.15) is 0 Å². The van der Waals surface area contributed by atoms with E-state index >= 15 is 0 Å². The van der Waals surface area contributed by atoms with Crippen LogP contribution in [0, 0.1) is 0 Å². The number of H-pyrrole nitrogens is 1. The van der Waals surface area contributed by atoms with Crippen LogP contribution in [-0.2, 0) is 4.74 Å². The summed E-state index contributed by atoms with van der Waals surface area (Å²) in [6.07, 6.45) is 4.64. The number of carbonyl (C=O) groups is 1. The van der Waals surface area contributed by atoms with Crippen LogP contribution in [0.2, 0.25) is 0 Å². The number of aliphatic hydroxyl groups excluding tert-OH is 2. The minimum Gasteiger partial charge on any atom is -0.390 e. The second kappa shape index (κ2) is 10.3. The van der Waals surface area contributed by atoms with Gasteiger partial charge in [-0.25, -0.2) is 0 Å². The van der Waals surface area contributed by atoms with E-state index in [4.69, 9.17) is 4.74 Å². The van der Waals surface area contributed by atoms with Gasteiger partial charge in [0.2, 0.25) is 0 Å². The van der Waals surface area contributed by atoms with Crippen LogP contribution in [0.1, 0.15) is 48.9 Å². The van der Waals surface area contributed by atoms with E-state index in [1.807, 2.05) is 0 Å². The van der Waals surface area contributed by atoms with Crippen LogP contribution < -0.4 is 5.56 Å². The summed E-state index contributed by atoms with van der Waals surface area (Å²) in [5.74, 6) is -0.341. The van der Waals surface area contributed by atoms with Gasteiger partial charge < -0.3 is 24.8 Å². The molecule has 1 saturated heterocycles. The Labute approximate surface area is 147 Å². The minimum absolute atomic E-state index is 0.0907. The van der Waals surface area contributed by atoms with Crippen LogP contribution in [0.25, 0.3) is 0 Å². The van der Waals surface area contributed by atoms with Crippen molar-refractivity contribution in [3.8, 4) is 0 Å². The SMILES string of the molecule is O=C(c1ccc[nH]c1=O)N1CCCCCCCOC[C@@H](O)[C@@H](O)CC1. The molecule has 1 aliphatic heterocycles. The second-order valence-electron chi connectivity index (χ2n) is 6.47. The number of nitrogens with zero attached hydrogens (tertiary/aromatic N) is 1. The summed E-state index contributed by atoms with van der Waals surface area (Å²) in [7, 11) is 0. The van der Waals surface area contributed by atoms with Gasteiger partial charge in [0.1, 0.15) is 11.7 Å². The molecule has 0 unspecified atom stereocenters. The number of rotatable bonds is 1. The first kappa shape index (κ1) is 19.6. The first-order chi connectivity index (χ1) is 12.1. The van der Waals surface area contributed by atoms with Crippen molar-refractivity contribution in [3.63, 3.8) is 0 Å². The highest BCUT2D eigenvalue weighted by Crippen LogP contribution is 2.11. The monoisotopic (exact) mass is 352 g/mol. The number of pyridine rings is 1. The maximum absolute atomic E-state index is 12.7. The molecule has 0 spiro atoms. The van der Waals surface area contributed by atoms with Crippen molar-refractivity contribution in [2.45, 2.75) is 50.7 Å². The van der Waals surface area contributed by atoms with Gasteiger partial charge in [-0.3, -0.25) is 9.59 Å². The third-order valence-electron chi connectivity index (χ3n) is 4.48. The first-order valence-electron chi connectivity index (χ1n) is 9.00. The molecule has 3 N–H and O–H groups in total. The van der Waals surface area contributed by atoms with Gasteiger partial charge in [0, 0.05) is 25.9 Å². The molecule has 0 bridgehead atoms. The molecule has 0 aromatic carbocycles. The normalized spacial score (nSPS) is 24.5. The van der Waals surface area contributed by atoms with Crippen LogP contribution in [-0.4, -0.2) is 64.5 Å². The van der Waals surface area contributed by atoms with Gasteiger partial charge in [-0.15, -0.1) is 0 Å². The Kier molecular flexibility index (Phi) is 8.11. The van der Waals surface area contributed by atoms with E-state index in [0.717, 1.165) is 32.1 Å². The van der Waals surface area contributed by atoms with E-state index in [9.17, 15) is 19.8 Å². The maximum atomic E-state index is 12.7. The maximum Gasteiger partial charge on any atom is 0.260 e. The topological polar surface area (TPSA) is 103 Å². The van der Waals surface area contributed by atoms with Crippen molar-refractivity contribution in [2.24, 2.45) is 0 Å². The summed E-state index contributed by atoms with van der Waals surface area (Å²) in [4.78, 5) is 28.7. The third-order valence-corrected chi connectivity index (χ3v) is 4.48. The lowest BCUT2D eigenvalue weighted by Crippen LogP contribution is -2.39. The molecule has 2 atom stereocenters. The molecule has 7 nitrogen and oxygen atoms in total. The highest BCUT2D eigenvalue weighted by Gasteiger charge is 2.22. The van der Waals surface area contributed by atoms with Crippen molar-refractivity contribution in [2.75, 3.05) is 26.3 Å². The highest BCUT2D eigenvalue weighted by molar-refractivity contribution is 5.93. The van der Waals surface area contributed by atoms with Crippen LogP contribution in [0.4, 0.5) is 0 Å². The summed E-state index contributed by atoms with van der Waals surface area (Å²) in [6.45, 7) is 1.50. The Morgan fingerprint density at radius 2 is 1.88 bits per heavy atom. The molecule has 2 rings (SSSR count). The van der Waals surface area contributed by atoms with Crippen molar-refractivity contribution >= 4 is 5.91 Å². The molecular weight excluding hydrogens is 324 g/mol. The fourth-order valence-corrected chi connectivity index (χ4v) is 2.91. The Balaban J connectivity index is 2.05. The number of aromatic nitrogens is 1. The molecular formula is C18H28N2O5. The number of amides is 1. The summed E-state index contributed by atoms with van der Waals surface area (Å²) < 4.78 is 5.38. The van der Waals surface area contributed by atoms with E-state index in [0.29, 0.717) is 13.2 Å². The first-order valence-corrected chi connectivity index (χ1v) is 9.00. The van der Waals surface area contributed by atoms with Crippen LogP contribution >= 0.6 is 0 Å². The average molecular weight is 352 g/mol. The smallest absolute Gasteiger partial charge is 0.260 e. The van der Waals surface area contributed by atoms with E-state index in [1.54, 1.807) is 11.0 Å². The molecule has 1 fully saturated rings. The number of carbonyl (C=O) groups excluding carboxylic acids is 1. The summed E-state index contributed by atoms with van der Waals surface area (Å²) >= 11 is 0. The lowest BCUT2D eigenvalue weighted by Gasteiger charge is -2.26. The zero-order chi connectivity index (χ0) is 18.1. The van der Waals surface area contributed by atoms with Crippen LogP contribution in [0.3, 0.4) is 0 Å². The summed E-state index contributed by atoms with van der Waals surface area (Å²) in [5, 5.41) is 20.0. The average Bonchev–Trinajstić information content (AvgIpc) is 2.61. The number of ether oxygens (including phenoxy) is 1. The largest absolute Gasteiger partial charge is 0.390 e. The van der Waals surface area contributed by atoms with Crippen LogP contribution in [0.15, 0.2) is 23.1 Å². The second-order valence-corrected chi connectivity index (χ2v) is 6.47. The molecule has 1 aromatic heterocycles. The predicted octanol–water partition coefficient (Wildman–Crippen LogP) is 0.910. The van der Waals surface area contributed by atoms with Gasteiger partial charge in [0.15, 0.2) is 0 Å². The lowest BCUT2D eigenvalue weighted by molar-refractivity contribution is -0.0434. The number of hydrogen-bond acceptors (Lipinski definition) is 5. The summed E-state index contributed by atoms with van der Waals surface area (Å²) in [5.41, 5.74) is -0.317. The fourth-order valence-electron chi connectivity index (χ4n) is 2.91. The van der Waals surface area contributed by atoms with E-state index in [1.165, 1.54) is 12.3 Å². The van der Waals surface area contributed by atoms with E-state index in [2.05, 4.69) is 4.98 Å². The Hall–Kier alpha value is -1.70. The molecule has 140 valence electrons. The quantitative estimate of drug-likeness (QED) is 0.697. The van der Waals surface area contributed by atoms with Gasteiger partial charge in [0.05, 0.1) is 12.7 Å². The molecule has 2 heterocycles. The van der Waals surface area contributed by atoms with E-state index < -0.39 is 17.8 Å². The number of nitrogens with one attached hydrogen (secondary N) is 1. The number of aromatic amines is 1. The number of aliphatic hydroxyl groups is 2. The van der Waals surface area contributed by atoms with Crippen molar-refractivity contribution in [3.05, 3.63) is 34.2 Å². The predicted molar refractivity (Wildman–Crippen MR) is 93.5 cm³/mol. The zero-order valence-electron chi connectivity index (χ0n) is 14.5. The van der Waals surface area contributed by atoms with Crippen molar-refractivity contribution in [1.29, 1.82) is 0 Å². The molecule has 1 aromatic rings. The van der Waals surface area contributed by atoms with E-state index in [-0.39, 0.29) is 31.0 Å². The highest BCUT2D eigenvalue weighted by atomic mass is 16.5. The molecule has 25 heavy (non-hydrogen) atoms. The standard InChI is InChI=1S/C18H28N2O5/c21-15-8-11-20(18(24)14-7-6-9-19-17(14)23)10-4-2-1-3-5-12-25-13-16(15)22/h6-7,9,15-16,21-22H,1-5,8,10-13H2,(H,19,23)/t15-,16+/m0/s1. The van der Waals surface area contributed by atoms with Gasteiger partial charge in [0.25, 0.3) is 11.5 Å². The molecule has 0 aliphatic carbocycles. The Bertz CT molecular complexity index is 589. The minimum atomic E-state index is -0.972. The van der Waals surface area contributed by atoms with Crippen LogP contribution in [0.5, 0.6) is 0 Å². The zero-order valence-corrected chi connectivity index (χ0v) is 14.5. The van der Waals surface area contributed by atoms with Crippen molar-refractivity contribution < 1.29 is 19.7 Å². The van der Waals surface area contributed by atoms with Gasteiger partial charge in [-0.05, 0) is 31.4 Å². The number of hydrogen-bond donors (Lipinski definition) is 3. The van der Waals surface area contributed by atoms with Crippen molar-refractivity contribution in [1.82, 2.24) is 9.88 Å². The lowest BCUT2D eigenvalue weighted by atomic mass is 10.1. The molecule has 0 saturated carbocycles. The summed E-state index contributed by atoms with van der Waals surface area (Å²) in [6, 6.07) is 3.13. The van der Waals surface area contributed by atoms with Gasteiger partial charge in [-0.1, -0.05) is 19.3 Å². The fraction of sp³-hybridized carbons (Fsp3) is 0.667. The molecule has 1 amide bonds. The molecule has 7 heteroatoms.